The molecule has 2 atom stereocenters. The lowest BCUT2D eigenvalue weighted by molar-refractivity contribution is -0.123. The van der Waals surface area contributed by atoms with Crippen molar-refractivity contribution in [1.82, 2.24) is 5.32 Å². The highest BCUT2D eigenvalue weighted by Gasteiger charge is 2.37. The van der Waals surface area contributed by atoms with Crippen molar-refractivity contribution >= 4 is 5.91 Å². The maximum atomic E-state index is 13.1. The first-order chi connectivity index (χ1) is 17.2. The number of fused-ring (bicyclic) bond motifs is 1. The van der Waals surface area contributed by atoms with Gasteiger partial charge in [0, 0.05) is 5.56 Å². The van der Waals surface area contributed by atoms with Crippen LogP contribution in [-0.4, -0.2) is 5.91 Å². The minimum Gasteiger partial charge on any atom is -0.485 e. The van der Waals surface area contributed by atoms with Crippen molar-refractivity contribution in [1.29, 1.82) is 0 Å². The van der Waals surface area contributed by atoms with E-state index in [4.69, 9.17) is 9.47 Å². The van der Waals surface area contributed by atoms with Crippen LogP contribution in [0.4, 0.5) is 0 Å². The zero-order valence-electron chi connectivity index (χ0n) is 19.8. The van der Waals surface area contributed by atoms with Crippen LogP contribution in [0.15, 0.2) is 103 Å². The summed E-state index contributed by atoms with van der Waals surface area (Å²) in [6.07, 6.45) is 0.634. The van der Waals surface area contributed by atoms with E-state index in [1.54, 1.807) is 0 Å². The number of carbonyl (C=O) groups excluding carboxylic acids is 1. The molecule has 35 heavy (non-hydrogen) atoms. The Labute approximate surface area is 206 Å². The molecular weight excluding hydrogens is 434 g/mol. The van der Waals surface area contributed by atoms with E-state index in [1.807, 2.05) is 110 Å². The molecular formula is C31H29NO3. The third-order valence-electron chi connectivity index (χ3n) is 6.48. The highest BCUT2D eigenvalue weighted by atomic mass is 16.5. The maximum Gasteiger partial charge on any atom is 0.228 e. The van der Waals surface area contributed by atoms with E-state index in [0.29, 0.717) is 25.4 Å². The van der Waals surface area contributed by atoms with Gasteiger partial charge < -0.3 is 14.8 Å². The fourth-order valence-electron chi connectivity index (χ4n) is 4.45. The molecule has 4 nitrogen and oxygen atoms in total. The van der Waals surface area contributed by atoms with Gasteiger partial charge in [0.25, 0.3) is 0 Å². The molecule has 0 radical (unpaired) electrons. The molecule has 4 aromatic rings. The van der Waals surface area contributed by atoms with Gasteiger partial charge in [-0.25, -0.2) is 0 Å². The van der Waals surface area contributed by atoms with Gasteiger partial charge in [-0.15, -0.1) is 0 Å². The second-order valence-electron chi connectivity index (χ2n) is 8.91. The SMILES string of the molecule is C[C@H](NC(=O)[C@@H]1Cc2c1ccc(OCc1ccccc1)c2OCc1ccccc1)c1ccccc1. The van der Waals surface area contributed by atoms with Crippen molar-refractivity contribution in [2.45, 2.75) is 38.5 Å². The molecule has 1 amide bonds. The van der Waals surface area contributed by atoms with Gasteiger partial charge in [-0.3, -0.25) is 4.79 Å². The van der Waals surface area contributed by atoms with Crippen LogP contribution in [0.25, 0.3) is 0 Å². The van der Waals surface area contributed by atoms with Crippen molar-refractivity contribution in [2.75, 3.05) is 0 Å². The summed E-state index contributed by atoms with van der Waals surface area (Å²) >= 11 is 0. The lowest BCUT2D eigenvalue weighted by Crippen LogP contribution is -2.37. The number of nitrogens with one attached hydrogen (secondary N) is 1. The number of rotatable bonds is 9. The molecule has 0 bridgehead atoms. The fourth-order valence-corrected chi connectivity index (χ4v) is 4.45. The number of carbonyl (C=O) groups is 1. The van der Waals surface area contributed by atoms with Gasteiger partial charge in [0.15, 0.2) is 11.5 Å². The van der Waals surface area contributed by atoms with Crippen LogP contribution in [0.2, 0.25) is 0 Å². The summed E-state index contributed by atoms with van der Waals surface area (Å²) in [6, 6.07) is 34.1. The van der Waals surface area contributed by atoms with E-state index < -0.39 is 0 Å². The molecule has 4 aromatic carbocycles. The van der Waals surface area contributed by atoms with Crippen LogP contribution >= 0.6 is 0 Å². The van der Waals surface area contributed by atoms with Crippen molar-refractivity contribution in [3.8, 4) is 11.5 Å². The lowest BCUT2D eigenvalue weighted by atomic mass is 9.76. The Bertz CT molecular complexity index is 1270. The largest absolute Gasteiger partial charge is 0.485 e. The van der Waals surface area contributed by atoms with Crippen LogP contribution in [-0.2, 0) is 24.4 Å². The van der Waals surface area contributed by atoms with E-state index >= 15 is 0 Å². The standard InChI is InChI=1S/C31H29NO3/c1-22(25-15-9-4-10-16-25)32-31(33)28-19-27-26(28)17-18-29(34-20-23-11-5-2-6-12-23)30(27)35-21-24-13-7-3-8-14-24/h2-18,22,28H,19-21H2,1H3,(H,32,33)/t22-,28+/m0/s1. The summed E-state index contributed by atoms with van der Waals surface area (Å²) in [5, 5.41) is 3.17. The Morgan fingerprint density at radius 3 is 2.00 bits per heavy atom. The quantitative estimate of drug-likeness (QED) is 0.314. The zero-order chi connectivity index (χ0) is 24.0. The molecule has 0 spiro atoms. The number of hydrogen-bond donors (Lipinski definition) is 1. The third-order valence-corrected chi connectivity index (χ3v) is 6.48. The summed E-state index contributed by atoms with van der Waals surface area (Å²) in [6.45, 7) is 2.92. The molecule has 1 aliphatic carbocycles. The first-order valence-electron chi connectivity index (χ1n) is 12.0. The van der Waals surface area contributed by atoms with Crippen LogP contribution in [0.3, 0.4) is 0 Å². The van der Waals surface area contributed by atoms with Gasteiger partial charge in [0.1, 0.15) is 13.2 Å². The molecule has 176 valence electrons. The first-order valence-corrected chi connectivity index (χ1v) is 12.0. The molecule has 0 heterocycles. The van der Waals surface area contributed by atoms with E-state index in [-0.39, 0.29) is 17.9 Å². The summed E-state index contributed by atoms with van der Waals surface area (Å²) in [7, 11) is 0. The van der Waals surface area contributed by atoms with E-state index in [2.05, 4.69) is 5.32 Å². The van der Waals surface area contributed by atoms with Gasteiger partial charge in [-0.2, -0.15) is 0 Å². The molecule has 0 fully saturated rings. The maximum absolute atomic E-state index is 13.1. The normalized spacial score (nSPS) is 14.8. The Morgan fingerprint density at radius 2 is 1.37 bits per heavy atom. The summed E-state index contributed by atoms with van der Waals surface area (Å²) in [4.78, 5) is 13.1. The van der Waals surface area contributed by atoms with Crippen molar-refractivity contribution in [3.05, 3.63) is 131 Å². The number of ether oxygens (including phenoxy) is 2. The predicted molar refractivity (Wildman–Crippen MR) is 137 cm³/mol. The molecule has 4 heteroatoms. The topological polar surface area (TPSA) is 47.6 Å². The minimum absolute atomic E-state index is 0.0424. The Kier molecular flexibility index (Phi) is 6.80. The van der Waals surface area contributed by atoms with Gasteiger partial charge in [-0.1, -0.05) is 97.1 Å². The molecule has 1 N–H and O–H groups in total. The first kappa shape index (κ1) is 22.7. The van der Waals surface area contributed by atoms with Crippen LogP contribution < -0.4 is 14.8 Å². The summed E-state index contributed by atoms with van der Waals surface area (Å²) < 4.78 is 12.5. The molecule has 0 aliphatic heterocycles. The molecule has 0 unspecified atom stereocenters. The Morgan fingerprint density at radius 1 is 0.800 bits per heavy atom. The fraction of sp³-hybridized carbons (Fsp3) is 0.194. The average Bonchev–Trinajstić information content (AvgIpc) is 2.89. The lowest BCUT2D eigenvalue weighted by Gasteiger charge is -2.33. The molecule has 0 saturated carbocycles. The predicted octanol–water partition coefficient (Wildman–Crippen LogP) is 6.36. The average molecular weight is 464 g/mol. The zero-order valence-corrected chi connectivity index (χ0v) is 19.8. The van der Waals surface area contributed by atoms with E-state index in [0.717, 1.165) is 33.6 Å². The van der Waals surface area contributed by atoms with Gasteiger partial charge in [0.05, 0.1) is 12.0 Å². The minimum atomic E-state index is -0.182. The van der Waals surface area contributed by atoms with Crippen molar-refractivity contribution in [2.24, 2.45) is 0 Å². The monoisotopic (exact) mass is 463 g/mol. The van der Waals surface area contributed by atoms with Gasteiger partial charge in [-0.05, 0) is 41.7 Å². The van der Waals surface area contributed by atoms with Crippen molar-refractivity contribution in [3.63, 3.8) is 0 Å². The summed E-state index contributed by atoms with van der Waals surface area (Å²) in [5.74, 6) is 1.31. The van der Waals surface area contributed by atoms with Crippen LogP contribution in [0.1, 0.15) is 46.7 Å². The molecule has 0 saturated heterocycles. The third kappa shape index (κ3) is 5.22. The molecule has 5 rings (SSSR count). The highest BCUT2D eigenvalue weighted by Crippen LogP contribution is 2.46. The number of hydrogen-bond acceptors (Lipinski definition) is 3. The number of amides is 1. The Hall–Kier alpha value is -4.05. The molecule has 0 aromatic heterocycles. The van der Waals surface area contributed by atoms with Crippen LogP contribution in [0, 0.1) is 0 Å². The van der Waals surface area contributed by atoms with Gasteiger partial charge >= 0.3 is 0 Å². The van der Waals surface area contributed by atoms with E-state index in [1.165, 1.54) is 0 Å². The van der Waals surface area contributed by atoms with E-state index in [9.17, 15) is 4.79 Å². The second-order valence-corrected chi connectivity index (χ2v) is 8.91. The molecule has 1 aliphatic rings. The van der Waals surface area contributed by atoms with Gasteiger partial charge in [0.2, 0.25) is 5.91 Å². The second kappa shape index (κ2) is 10.5. The van der Waals surface area contributed by atoms with Crippen molar-refractivity contribution < 1.29 is 14.3 Å². The number of benzene rings is 4. The highest BCUT2D eigenvalue weighted by molar-refractivity contribution is 5.88. The van der Waals surface area contributed by atoms with Crippen LogP contribution in [0.5, 0.6) is 11.5 Å². The summed E-state index contributed by atoms with van der Waals surface area (Å²) in [5.41, 5.74) is 5.34. The Balaban J connectivity index is 1.34. The smallest absolute Gasteiger partial charge is 0.228 e.